The molecule has 2 aromatic carbocycles. The molecule has 98 valence electrons. The molecule has 2 rings (SSSR count). The molecule has 3 N–H and O–H groups in total. The third-order valence-corrected chi connectivity index (χ3v) is 3.48. The van der Waals surface area contributed by atoms with E-state index >= 15 is 0 Å². The first kappa shape index (κ1) is 13.6. The number of carbonyl (C=O) groups is 1. The van der Waals surface area contributed by atoms with E-state index < -0.39 is 0 Å². The van der Waals surface area contributed by atoms with Gasteiger partial charge in [0.25, 0.3) is 5.91 Å². The van der Waals surface area contributed by atoms with E-state index in [9.17, 15) is 4.79 Å². The normalized spacial score (nSPS) is 10.3. The average molecular weight is 319 g/mol. The zero-order valence-corrected chi connectivity index (χ0v) is 12.4. The van der Waals surface area contributed by atoms with Crippen LogP contribution in [0.5, 0.6) is 0 Å². The van der Waals surface area contributed by atoms with Crippen molar-refractivity contribution in [3.05, 3.63) is 57.6 Å². The molecule has 2 aromatic rings. The summed E-state index contributed by atoms with van der Waals surface area (Å²) in [7, 11) is 0. The van der Waals surface area contributed by atoms with Crippen LogP contribution >= 0.6 is 15.9 Å². The standard InChI is InChI=1S/C15H15BrN2O/c1-9-4-6-14(12(16)7-9)18-15(19)11-5-3-10(2)8-13(11)17/h3-8H,17H2,1-2H3,(H,18,19). The van der Waals surface area contributed by atoms with Crippen LogP contribution in [0.3, 0.4) is 0 Å². The third kappa shape index (κ3) is 3.15. The van der Waals surface area contributed by atoms with Gasteiger partial charge in [-0.05, 0) is 65.2 Å². The topological polar surface area (TPSA) is 55.1 Å². The zero-order chi connectivity index (χ0) is 14.0. The van der Waals surface area contributed by atoms with E-state index in [0.29, 0.717) is 11.3 Å². The van der Waals surface area contributed by atoms with Crippen molar-refractivity contribution in [1.29, 1.82) is 0 Å². The van der Waals surface area contributed by atoms with Gasteiger partial charge in [-0.3, -0.25) is 4.79 Å². The van der Waals surface area contributed by atoms with Crippen LogP contribution in [-0.4, -0.2) is 5.91 Å². The lowest BCUT2D eigenvalue weighted by molar-refractivity contribution is 0.102. The van der Waals surface area contributed by atoms with E-state index in [1.165, 1.54) is 0 Å². The highest BCUT2D eigenvalue weighted by atomic mass is 79.9. The van der Waals surface area contributed by atoms with Gasteiger partial charge in [-0.15, -0.1) is 0 Å². The summed E-state index contributed by atoms with van der Waals surface area (Å²) in [6, 6.07) is 11.2. The van der Waals surface area contributed by atoms with Crippen molar-refractivity contribution >= 4 is 33.2 Å². The van der Waals surface area contributed by atoms with Crippen LogP contribution in [0.4, 0.5) is 11.4 Å². The number of benzene rings is 2. The molecule has 0 saturated carbocycles. The van der Waals surface area contributed by atoms with Crippen LogP contribution in [0, 0.1) is 13.8 Å². The summed E-state index contributed by atoms with van der Waals surface area (Å²) in [5.41, 5.74) is 9.73. The fraction of sp³-hybridized carbons (Fsp3) is 0.133. The van der Waals surface area contributed by atoms with Gasteiger partial charge >= 0.3 is 0 Å². The number of hydrogen-bond acceptors (Lipinski definition) is 2. The van der Waals surface area contributed by atoms with Crippen molar-refractivity contribution < 1.29 is 4.79 Å². The van der Waals surface area contributed by atoms with Gasteiger partial charge in [0.05, 0.1) is 11.3 Å². The highest BCUT2D eigenvalue weighted by molar-refractivity contribution is 9.10. The summed E-state index contributed by atoms with van der Waals surface area (Å²) in [4.78, 5) is 12.2. The quantitative estimate of drug-likeness (QED) is 0.825. The van der Waals surface area contributed by atoms with Crippen molar-refractivity contribution in [3.8, 4) is 0 Å². The maximum Gasteiger partial charge on any atom is 0.257 e. The molecule has 1 amide bonds. The zero-order valence-electron chi connectivity index (χ0n) is 10.8. The van der Waals surface area contributed by atoms with Gasteiger partial charge in [-0.25, -0.2) is 0 Å². The number of carbonyl (C=O) groups excluding carboxylic acids is 1. The number of halogens is 1. The minimum absolute atomic E-state index is 0.206. The maximum absolute atomic E-state index is 12.2. The number of hydrogen-bond donors (Lipinski definition) is 2. The Morgan fingerprint density at radius 1 is 1.11 bits per heavy atom. The fourth-order valence-electron chi connectivity index (χ4n) is 1.80. The van der Waals surface area contributed by atoms with Crippen LogP contribution in [0.2, 0.25) is 0 Å². The second-order valence-electron chi connectivity index (χ2n) is 4.53. The Morgan fingerprint density at radius 3 is 2.37 bits per heavy atom. The Bertz CT molecular complexity index is 638. The summed E-state index contributed by atoms with van der Waals surface area (Å²) in [6.07, 6.45) is 0. The first-order valence-corrected chi connectivity index (χ1v) is 6.70. The Balaban J connectivity index is 2.25. The fourth-order valence-corrected chi connectivity index (χ4v) is 2.39. The van der Waals surface area contributed by atoms with Gasteiger partial charge in [0, 0.05) is 10.2 Å². The number of anilines is 2. The molecule has 0 unspecified atom stereocenters. The number of amides is 1. The van der Waals surface area contributed by atoms with Crippen molar-refractivity contribution in [2.24, 2.45) is 0 Å². The molecule has 0 aliphatic carbocycles. The highest BCUT2D eigenvalue weighted by Crippen LogP contribution is 2.24. The van der Waals surface area contributed by atoms with E-state index in [1.54, 1.807) is 12.1 Å². The third-order valence-electron chi connectivity index (χ3n) is 2.82. The second kappa shape index (κ2) is 5.45. The molecule has 19 heavy (non-hydrogen) atoms. The van der Waals surface area contributed by atoms with Crippen molar-refractivity contribution in [2.45, 2.75) is 13.8 Å². The molecule has 4 heteroatoms. The van der Waals surface area contributed by atoms with Crippen LogP contribution in [0.25, 0.3) is 0 Å². The highest BCUT2D eigenvalue weighted by Gasteiger charge is 2.11. The lowest BCUT2D eigenvalue weighted by Crippen LogP contribution is -2.14. The van der Waals surface area contributed by atoms with Gasteiger partial charge < -0.3 is 11.1 Å². The maximum atomic E-state index is 12.2. The van der Waals surface area contributed by atoms with Gasteiger partial charge in [-0.1, -0.05) is 12.1 Å². The summed E-state index contributed by atoms with van der Waals surface area (Å²) < 4.78 is 0.853. The second-order valence-corrected chi connectivity index (χ2v) is 5.38. The van der Waals surface area contributed by atoms with Gasteiger partial charge in [0.15, 0.2) is 0 Å². The molecule has 0 radical (unpaired) electrons. The van der Waals surface area contributed by atoms with Gasteiger partial charge in [0.2, 0.25) is 0 Å². The van der Waals surface area contributed by atoms with Crippen LogP contribution < -0.4 is 11.1 Å². The molecule has 0 aromatic heterocycles. The van der Waals surface area contributed by atoms with Crippen molar-refractivity contribution in [3.63, 3.8) is 0 Å². The molecule has 3 nitrogen and oxygen atoms in total. The molecule has 0 spiro atoms. The van der Waals surface area contributed by atoms with E-state index in [0.717, 1.165) is 21.3 Å². The van der Waals surface area contributed by atoms with E-state index in [4.69, 9.17) is 5.73 Å². The van der Waals surface area contributed by atoms with Crippen LogP contribution in [0.15, 0.2) is 40.9 Å². The molecule has 0 bridgehead atoms. The molecule has 0 fully saturated rings. The monoisotopic (exact) mass is 318 g/mol. The average Bonchev–Trinajstić information content (AvgIpc) is 2.32. The van der Waals surface area contributed by atoms with Gasteiger partial charge in [-0.2, -0.15) is 0 Å². The summed E-state index contributed by atoms with van der Waals surface area (Å²) >= 11 is 3.43. The number of rotatable bonds is 2. The van der Waals surface area contributed by atoms with Crippen LogP contribution in [-0.2, 0) is 0 Å². The Kier molecular flexibility index (Phi) is 3.90. The molecule has 0 aliphatic heterocycles. The molecule has 0 saturated heterocycles. The lowest BCUT2D eigenvalue weighted by atomic mass is 10.1. The SMILES string of the molecule is Cc1ccc(C(=O)Nc2ccc(C)cc2Br)c(N)c1. The Morgan fingerprint density at radius 2 is 1.74 bits per heavy atom. The Hall–Kier alpha value is -1.81. The predicted molar refractivity (Wildman–Crippen MR) is 82.4 cm³/mol. The van der Waals surface area contributed by atoms with Gasteiger partial charge in [0.1, 0.15) is 0 Å². The first-order chi connectivity index (χ1) is 8.97. The number of nitrogens with one attached hydrogen (secondary N) is 1. The lowest BCUT2D eigenvalue weighted by Gasteiger charge is -2.10. The minimum atomic E-state index is -0.206. The van der Waals surface area contributed by atoms with E-state index in [-0.39, 0.29) is 5.91 Å². The molecular weight excluding hydrogens is 304 g/mol. The van der Waals surface area contributed by atoms with E-state index in [1.807, 2.05) is 38.1 Å². The van der Waals surface area contributed by atoms with Crippen LogP contribution in [0.1, 0.15) is 21.5 Å². The minimum Gasteiger partial charge on any atom is -0.398 e. The summed E-state index contributed by atoms with van der Waals surface area (Å²) in [5.74, 6) is -0.206. The van der Waals surface area contributed by atoms with Crippen molar-refractivity contribution in [1.82, 2.24) is 0 Å². The largest absolute Gasteiger partial charge is 0.398 e. The molecule has 0 aliphatic rings. The number of nitrogens with two attached hydrogens (primary N) is 1. The number of nitrogen functional groups attached to an aromatic ring is 1. The molecule has 0 atom stereocenters. The smallest absolute Gasteiger partial charge is 0.257 e. The molecule has 0 heterocycles. The van der Waals surface area contributed by atoms with E-state index in [2.05, 4.69) is 21.2 Å². The molecular formula is C15H15BrN2O. The summed E-state index contributed by atoms with van der Waals surface area (Å²) in [5, 5.41) is 2.85. The summed E-state index contributed by atoms with van der Waals surface area (Å²) in [6.45, 7) is 3.93. The number of aryl methyl sites for hydroxylation is 2. The first-order valence-electron chi connectivity index (χ1n) is 5.91. The Labute approximate surface area is 121 Å². The van der Waals surface area contributed by atoms with Crippen molar-refractivity contribution in [2.75, 3.05) is 11.1 Å². The predicted octanol–water partition coefficient (Wildman–Crippen LogP) is 3.90.